The molecule has 0 radical (unpaired) electrons. The third-order valence-electron chi connectivity index (χ3n) is 0.863. The average molecular weight is 212 g/mol. The first-order valence-corrected chi connectivity index (χ1v) is 2.58. The monoisotopic (exact) mass is 211 g/mol. The topological polar surface area (TPSA) is 84.0 Å². The summed E-state index contributed by atoms with van der Waals surface area (Å²) in [6.07, 6.45) is 1.56. The molecule has 0 fully saturated rings. The molecular formula is C6H11Cl2N3O. The van der Waals surface area contributed by atoms with Crippen molar-refractivity contribution in [2.24, 2.45) is 0 Å². The molecule has 0 bridgehead atoms. The zero-order valence-corrected chi connectivity index (χ0v) is 7.95. The summed E-state index contributed by atoms with van der Waals surface area (Å²) in [6, 6.07) is 5.46. The Bertz CT molecular complexity index is 207. The molecule has 0 saturated heterocycles. The highest BCUT2D eigenvalue weighted by molar-refractivity contribution is 5.85. The minimum Gasteiger partial charge on any atom is -0.449 e. The van der Waals surface area contributed by atoms with Gasteiger partial charge in [-0.15, -0.1) is 24.8 Å². The zero-order valence-electron chi connectivity index (χ0n) is 6.32. The van der Waals surface area contributed by atoms with Crippen LogP contribution in [0.5, 0.6) is 0 Å². The molecule has 1 aromatic rings. The Kier molecular flexibility index (Phi) is 14.5. The predicted octanol–water partition coefficient (Wildman–Crippen LogP) is 2.22. The molecule has 0 unspecified atom stereocenters. The van der Waals surface area contributed by atoms with Gasteiger partial charge in [-0.2, -0.15) is 5.26 Å². The number of halogens is 2. The molecule has 0 amide bonds. The number of hydrogen-bond acceptors (Lipinski definition) is 4. The van der Waals surface area contributed by atoms with Gasteiger partial charge in [-0.05, 0) is 6.07 Å². The Morgan fingerprint density at radius 2 is 2.17 bits per heavy atom. The van der Waals surface area contributed by atoms with Crippen molar-refractivity contribution in [1.29, 1.82) is 5.26 Å². The number of furan rings is 1. The summed E-state index contributed by atoms with van der Waals surface area (Å²) in [5.74, 6) is 0.636. The van der Waals surface area contributed by atoms with E-state index in [0.29, 0.717) is 5.88 Å². The lowest BCUT2D eigenvalue weighted by atomic mass is 10.6. The second kappa shape index (κ2) is 10.1. The second-order valence-electron chi connectivity index (χ2n) is 1.49. The zero-order chi connectivity index (χ0) is 6.53. The summed E-state index contributed by atoms with van der Waals surface area (Å²) in [6.45, 7) is 0.285. The molecule has 0 aliphatic rings. The van der Waals surface area contributed by atoms with E-state index in [2.05, 4.69) is 5.32 Å². The quantitative estimate of drug-likeness (QED) is 0.736. The molecular weight excluding hydrogens is 201 g/mol. The molecule has 0 atom stereocenters. The molecule has 4 nitrogen and oxygen atoms in total. The van der Waals surface area contributed by atoms with Crippen molar-refractivity contribution in [1.82, 2.24) is 6.15 Å². The van der Waals surface area contributed by atoms with Crippen molar-refractivity contribution in [2.75, 3.05) is 11.9 Å². The number of rotatable bonds is 2. The molecule has 1 aromatic heterocycles. The van der Waals surface area contributed by atoms with Crippen LogP contribution < -0.4 is 11.5 Å². The average Bonchev–Trinajstić information content (AvgIpc) is 2.34. The third-order valence-corrected chi connectivity index (χ3v) is 0.863. The van der Waals surface area contributed by atoms with Gasteiger partial charge in [0.2, 0.25) is 0 Å². The Labute approximate surface area is 83.3 Å². The van der Waals surface area contributed by atoms with E-state index in [-0.39, 0.29) is 37.5 Å². The summed E-state index contributed by atoms with van der Waals surface area (Å²) >= 11 is 0. The maximum atomic E-state index is 8.11. The van der Waals surface area contributed by atoms with Gasteiger partial charge in [-0.3, -0.25) is 0 Å². The molecule has 0 aliphatic carbocycles. The summed E-state index contributed by atoms with van der Waals surface area (Å²) in [7, 11) is 0. The summed E-state index contributed by atoms with van der Waals surface area (Å²) in [5.41, 5.74) is 0. The molecule has 1 rings (SSSR count). The number of nitrogens with one attached hydrogen (secondary N) is 1. The fourth-order valence-corrected chi connectivity index (χ4v) is 0.506. The van der Waals surface area contributed by atoms with E-state index in [9.17, 15) is 0 Å². The molecule has 0 aromatic carbocycles. The number of anilines is 1. The lowest BCUT2D eigenvalue weighted by molar-refractivity contribution is 0.581. The van der Waals surface area contributed by atoms with Gasteiger partial charge >= 0.3 is 0 Å². The Morgan fingerprint density at radius 3 is 2.58 bits per heavy atom. The van der Waals surface area contributed by atoms with Gasteiger partial charge in [0, 0.05) is 6.07 Å². The normalized spacial score (nSPS) is 6.25. The van der Waals surface area contributed by atoms with Gasteiger partial charge < -0.3 is 15.9 Å². The SMILES string of the molecule is Cl.Cl.N.N#CCNc1ccco1. The lowest BCUT2D eigenvalue weighted by Crippen LogP contribution is -1.95. The summed E-state index contributed by atoms with van der Waals surface area (Å²) in [4.78, 5) is 0. The van der Waals surface area contributed by atoms with Crippen LogP contribution in [-0.2, 0) is 0 Å². The fourth-order valence-electron chi connectivity index (χ4n) is 0.506. The predicted molar refractivity (Wildman–Crippen MR) is 52.3 cm³/mol. The van der Waals surface area contributed by atoms with E-state index in [1.54, 1.807) is 18.4 Å². The van der Waals surface area contributed by atoms with Gasteiger partial charge in [0.05, 0.1) is 12.3 Å². The van der Waals surface area contributed by atoms with Crippen LogP contribution in [0, 0.1) is 11.3 Å². The van der Waals surface area contributed by atoms with Crippen LogP contribution >= 0.6 is 24.8 Å². The van der Waals surface area contributed by atoms with Crippen LogP contribution in [0.4, 0.5) is 5.88 Å². The second-order valence-corrected chi connectivity index (χ2v) is 1.49. The van der Waals surface area contributed by atoms with Gasteiger partial charge in [0.1, 0.15) is 6.54 Å². The summed E-state index contributed by atoms with van der Waals surface area (Å²) in [5, 5.41) is 10.9. The van der Waals surface area contributed by atoms with Crippen LogP contribution in [0.3, 0.4) is 0 Å². The highest BCUT2D eigenvalue weighted by Gasteiger charge is 1.88. The smallest absolute Gasteiger partial charge is 0.193 e. The summed E-state index contributed by atoms with van der Waals surface area (Å²) < 4.78 is 4.87. The molecule has 70 valence electrons. The van der Waals surface area contributed by atoms with Gasteiger partial charge in [-0.1, -0.05) is 0 Å². The van der Waals surface area contributed by atoms with E-state index < -0.39 is 0 Å². The van der Waals surface area contributed by atoms with Gasteiger partial charge in [0.25, 0.3) is 0 Å². The number of hydrogen-bond donors (Lipinski definition) is 2. The van der Waals surface area contributed by atoms with Crippen molar-refractivity contribution in [3.05, 3.63) is 18.4 Å². The van der Waals surface area contributed by atoms with Crippen LogP contribution in [0.25, 0.3) is 0 Å². The first-order chi connectivity index (χ1) is 4.43. The van der Waals surface area contributed by atoms with Crippen molar-refractivity contribution >= 4 is 30.7 Å². The van der Waals surface area contributed by atoms with E-state index in [0.717, 1.165) is 0 Å². The van der Waals surface area contributed by atoms with E-state index >= 15 is 0 Å². The largest absolute Gasteiger partial charge is 0.449 e. The molecule has 1 heterocycles. The minimum absolute atomic E-state index is 0. The lowest BCUT2D eigenvalue weighted by Gasteiger charge is -1.90. The molecule has 12 heavy (non-hydrogen) atoms. The molecule has 6 heteroatoms. The molecule has 0 spiro atoms. The maximum absolute atomic E-state index is 8.11. The highest BCUT2D eigenvalue weighted by Crippen LogP contribution is 2.04. The molecule has 4 N–H and O–H groups in total. The standard InChI is InChI=1S/C6H6N2O.2ClH.H3N/c7-3-4-8-6-2-1-5-9-6;;;/h1-2,5,8H,4H2;2*1H;1H3. The number of nitrogens with zero attached hydrogens (tertiary/aromatic N) is 1. The maximum Gasteiger partial charge on any atom is 0.193 e. The van der Waals surface area contributed by atoms with Crippen LogP contribution in [0.1, 0.15) is 0 Å². The van der Waals surface area contributed by atoms with Crippen molar-refractivity contribution in [3.63, 3.8) is 0 Å². The van der Waals surface area contributed by atoms with Crippen LogP contribution in [-0.4, -0.2) is 6.54 Å². The Balaban J connectivity index is -0.000000270. The Morgan fingerprint density at radius 1 is 1.50 bits per heavy atom. The van der Waals surface area contributed by atoms with Crippen molar-refractivity contribution in [3.8, 4) is 6.07 Å². The van der Waals surface area contributed by atoms with E-state index in [1.165, 1.54) is 0 Å². The van der Waals surface area contributed by atoms with Crippen LogP contribution in [0.15, 0.2) is 22.8 Å². The van der Waals surface area contributed by atoms with Gasteiger partial charge in [-0.25, -0.2) is 0 Å². The first-order valence-electron chi connectivity index (χ1n) is 2.58. The Hall–Kier alpha value is -0.890. The third kappa shape index (κ3) is 5.86. The van der Waals surface area contributed by atoms with Gasteiger partial charge in [0.15, 0.2) is 5.88 Å². The van der Waals surface area contributed by atoms with Crippen LogP contribution in [0.2, 0.25) is 0 Å². The molecule has 0 saturated carbocycles. The molecule has 0 aliphatic heterocycles. The van der Waals surface area contributed by atoms with E-state index in [1.807, 2.05) is 6.07 Å². The van der Waals surface area contributed by atoms with E-state index in [4.69, 9.17) is 9.68 Å². The number of nitriles is 1. The first kappa shape index (κ1) is 17.3. The van der Waals surface area contributed by atoms with Crippen molar-refractivity contribution in [2.45, 2.75) is 0 Å². The minimum atomic E-state index is 0. The van der Waals surface area contributed by atoms with Crippen molar-refractivity contribution < 1.29 is 4.42 Å². The highest BCUT2D eigenvalue weighted by atomic mass is 35.5. The fraction of sp³-hybridized carbons (Fsp3) is 0.167.